The van der Waals surface area contributed by atoms with Crippen LogP contribution in [0.5, 0.6) is 5.88 Å². The molecule has 2 heterocycles. The van der Waals surface area contributed by atoms with Crippen LogP contribution in [0.4, 0.5) is 5.69 Å². The van der Waals surface area contributed by atoms with Crippen LogP contribution in [0.3, 0.4) is 0 Å². The van der Waals surface area contributed by atoms with E-state index in [-0.39, 0.29) is 12.4 Å². The molecule has 0 saturated carbocycles. The number of nitrogens with one attached hydrogen (secondary N) is 1. The lowest BCUT2D eigenvalue weighted by Gasteiger charge is -2.22. The standard InChI is InChI=1S/C14H21N3O3/c1-14(2,3)20-12(18)7-10(15)9-6-11-13(17-8-9)19-5-4-16-11/h6,8,10,16H,4-5,7,15H2,1-3H3/t10-/m0/s1. The van der Waals surface area contributed by atoms with E-state index < -0.39 is 11.6 Å². The maximum absolute atomic E-state index is 11.8. The molecule has 110 valence electrons. The van der Waals surface area contributed by atoms with Crippen LogP contribution in [0.25, 0.3) is 0 Å². The van der Waals surface area contributed by atoms with Crippen molar-refractivity contribution in [3.8, 4) is 5.88 Å². The molecule has 2 rings (SSSR count). The van der Waals surface area contributed by atoms with Crippen LogP contribution in [0.15, 0.2) is 12.3 Å². The fourth-order valence-corrected chi connectivity index (χ4v) is 1.93. The molecule has 0 aromatic carbocycles. The van der Waals surface area contributed by atoms with Crippen LogP contribution in [-0.4, -0.2) is 29.7 Å². The molecule has 0 bridgehead atoms. The Morgan fingerprint density at radius 3 is 3.05 bits per heavy atom. The highest BCUT2D eigenvalue weighted by atomic mass is 16.6. The fraction of sp³-hybridized carbons (Fsp3) is 0.571. The highest BCUT2D eigenvalue weighted by Crippen LogP contribution is 2.28. The highest BCUT2D eigenvalue weighted by molar-refractivity contribution is 5.71. The molecule has 1 aliphatic rings. The summed E-state index contributed by atoms with van der Waals surface area (Å²) in [5.41, 5.74) is 7.14. The second-order valence-corrected chi connectivity index (χ2v) is 5.79. The van der Waals surface area contributed by atoms with E-state index >= 15 is 0 Å². The average Bonchev–Trinajstić information content (AvgIpc) is 2.35. The molecule has 0 aliphatic carbocycles. The van der Waals surface area contributed by atoms with Gasteiger partial charge >= 0.3 is 5.97 Å². The number of carbonyl (C=O) groups excluding carboxylic acids is 1. The van der Waals surface area contributed by atoms with E-state index in [2.05, 4.69) is 10.3 Å². The molecule has 3 N–H and O–H groups in total. The van der Waals surface area contributed by atoms with Crippen molar-refractivity contribution in [2.24, 2.45) is 5.73 Å². The minimum Gasteiger partial charge on any atom is -0.474 e. The smallest absolute Gasteiger partial charge is 0.308 e. The second kappa shape index (κ2) is 5.66. The molecule has 0 amide bonds. The molecule has 1 aromatic heterocycles. The van der Waals surface area contributed by atoms with Crippen molar-refractivity contribution in [1.29, 1.82) is 0 Å². The molecule has 1 aliphatic heterocycles. The van der Waals surface area contributed by atoms with Crippen LogP contribution >= 0.6 is 0 Å². The normalized spacial score (nSPS) is 15.6. The monoisotopic (exact) mass is 279 g/mol. The zero-order chi connectivity index (χ0) is 14.8. The van der Waals surface area contributed by atoms with Gasteiger partial charge in [-0.05, 0) is 32.4 Å². The summed E-state index contributed by atoms with van der Waals surface area (Å²) in [5.74, 6) is 0.261. The Bertz CT molecular complexity index is 497. The summed E-state index contributed by atoms with van der Waals surface area (Å²) in [7, 11) is 0. The fourth-order valence-electron chi connectivity index (χ4n) is 1.93. The number of hydrogen-bond acceptors (Lipinski definition) is 6. The number of esters is 1. The van der Waals surface area contributed by atoms with Crippen LogP contribution in [0, 0.1) is 0 Å². The Balaban J connectivity index is 2.02. The maximum Gasteiger partial charge on any atom is 0.308 e. The molecule has 0 saturated heterocycles. The summed E-state index contributed by atoms with van der Waals surface area (Å²) in [6, 6.07) is 1.43. The van der Waals surface area contributed by atoms with Crippen LogP contribution in [0.1, 0.15) is 38.8 Å². The highest BCUT2D eigenvalue weighted by Gasteiger charge is 2.21. The molecular formula is C14H21N3O3. The molecule has 0 fully saturated rings. The largest absolute Gasteiger partial charge is 0.474 e. The molecule has 0 radical (unpaired) electrons. The summed E-state index contributed by atoms with van der Waals surface area (Å²) in [4.78, 5) is 16.0. The van der Waals surface area contributed by atoms with Gasteiger partial charge in [-0.1, -0.05) is 0 Å². The Labute approximate surface area is 118 Å². The minimum absolute atomic E-state index is 0.124. The predicted molar refractivity (Wildman–Crippen MR) is 75.6 cm³/mol. The SMILES string of the molecule is CC(C)(C)OC(=O)C[C@H](N)c1cnc2c(c1)NCCO2. The molecule has 20 heavy (non-hydrogen) atoms. The van der Waals surface area contributed by atoms with E-state index in [9.17, 15) is 4.79 Å². The molecule has 6 nitrogen and oxygen atoms in total. The van der Waals surface area contributed by atoms with Gasteiger partial charge in [-0.3, -0.25) is 4.79 Å². The van der Waals surface area contributed by atoms with Gasteiger partial charge in [-0.2, -0.15) is 0 Å². The van der Waals surface area contributed by atoms with Crippen LogP contribution < -0.4 is 15.8 Å². The van der Waals surface area contributed by atoms with Gasteiger partial charge in [0.25, 0.3) is 0 Å². The Morgan fingerprint density at radius 1 is 1.60 bits per heavy atom. The van der Waals surface area contributed by atoms with E-state index in [1.807, 2.05) is 26.8 Å². The van der Waals surface area contributed by atoms with Crippen LogP contribution in [-0.2, 0) is 9.53 Å². The van der Waals surface area contributed by atoms with Gasteiger partial charge < -0.3 is 20.5 Å². The van der Waals surface area contributed by atoms with Gasteiger partial charge in [-0.25, -0.2) is 4.98 Å². The number of aromatic nitrogens is 1. The average molecular weight is 279 g/mol. The number of hydrogen-bond donors (Lipinski definition) is 2. The molecular weight excluding hydrogens is 258 g/mol. The van der Waals surface area contributed by atoms with Crippen molar-refractivity contribution >= 4 is 11.7 Å². The third kappa shape index (κ3) is 3.84. The van der Waals surface area contributed by atoms with Gasteiger partial charge in [0.2, 0.25) is 5.88 Å². The van der Waals surface area contributed by atoms with Crippen molar-refractivity contribution in [1.82, 2.24) is 4.98 Å². The first-order chi connectivity index (χ1) is 9.35. The summed E-state index contributed by atoms with van der Waals surface area (Å²) in [5, 5.41) is 3.19. The molecule has 6 heteroatoms. The van der Waals surface area contributed by atoms with Crippen molar-refractivity contribution < 1.29 is 14.3 Å². The third-order valence-corrected chi connectivity index (χ3v) is 2.76. The van der Waals surface area contributed by atoms with Crippen molar-refractivity contribution in [3.05, 3.63) is 17.8 Å². The van der Waals surface area contributed by atoms with Gasteiger partial charge in [0, 0.05) is 18.8 Å². The number of pyridine rings is 1. The topological polar surface area (TPSA) is 86.5 Å². The maximum atomic E-state index is 11.8. The lowest BCUT2D eigenvalue weighted by molar-refractivity contribution is -0.155. The summed E-state index contributed by atoms with van der Waals surface area (Å²) in [6.07, 6.45) is 1.76. The number of anilines is 1. The van der Waals surface area contributed by atoms with E-state index in [1.165, 1.54) is 0 Å². The van der Waals surface area contributed by atoms with E-state index in [0.717, 1.165) is 17.8 Å². The number of fused-ring (bicyclic) bond motifs is 1. The predicted octanol–water partition coefficient (Wildman–Crippen LogP) is 1.62. The van der Waals surface area contributed by atoms with Crippen molar-refractivity contribution in [3.63, 3.8) is 0 Å². The van der Waals surface area contributed by atoms with Gasteiger partial charge in [0.1, 0.15) is 12.2 Å². The van der Waals surface area contributed by atoms with Gasteiger partial charge in [0.15, 0.2) is 0 Å². The summed E-state index contributed by atoms with van der Waals surface area (Å²) >= 11 is 0. The zero-order valence-corrected chi connectivity index (χ0v) is 12.1. The summed E-state index contributed by atoms with van der Waals surface area (Å²) < 4.78 is 10.7. The Hall–Kier alpha value is -1.82. The zero-order valence-electron chi connectivity index (χ0n) is 12.1. The first-order valence-corrected chi connectivity index (χ1v) is 6.69. The quantitative estimate of drug-likeness (QED) is 0.818. The number of nitrogens with two attached hydrogens (primary N) is 1. The lowest BCUT2D eigenvalue weighted by atomic mass is 10.1. The molecule has 1 aromatic rings. The Kier molecular flexibility index (Phi) is 4.13. The van der Waals surface area contributed by atoms with Gasteiger partial charge in [-0.15, -0.1) is 0 Å². The molecule has 0 unspecified atom stereocenters. The first-order valence-electron chi connectivity index (χ1n) is 6.69. The number of ether oxygens (including phenoxy) is 2. The molecule has 0 spiro atoms. The Morgan fingerprint density at radius 2 is 2.35 bits per heavy atom. The van der Waals surface area contributed by atoms with E-state index in [0.29, 0.717) is 12.5 Å². The second-order valence-electron chi connectivity index (χ2n) is 5.79. The first kappa shape index (κ1) is 14.6. The van der Waals surface area contributed by atoms with E-state index in [4.69, 9.17) is 15.2 Å². The number of carbonyl (C=O) groups is 1. The summed E-state index contributed by atoms with van der Waals surface area (Å²) in [6.45, 7) is 6.83. The number of nitrogens with zero attached hydrogens (tertiary/aromatic N) is 1. The van der Waals surface area contributed by atoms with Crippen LogP contribution in [0.2, 0.25) is 0 Å². The van der Waals surface area contributed by atoms with Gasteiger partial charge in [0.05, 0.1) is 12.1 Å². The minimum atomic E-state index is -0.500. The van der Waals surface area contributed by atoms with Crippen molar-refractivity contribution in [2.45, 2.75) is 38.8 Å². The van der Waals surface area contributed by atoms with E-state index in [1.54, 1.807) is 6.20 Å². The number of rotatable bonds is 3. The lowest BCUT2D eigenvalue weighted by Crippen LogP contribution is -2.27. The van der Waals surface area contributed by atoms with Crippen molar-refractivity contribution in [2.75, 3.05) is 18.5 Å². The molecule has 1 atom stereocenters. The third-order valence-electron chi connectivity index (χ3n) is 2.76.